The third-order valence-electron chi connectivity index (χ3n) is 4.55. The van der Waals surface area contributed by atoms with Crippen LogP contribution in [0.3, 0.4) is 0 Å². The molecule has 2 aromatic carbocycles. The van der Waals surface area contributed by atoms with Gasteiger partial charge >= 0.3 is 0 Å². The van der Waals surface area contributed by atoms with E-state index < -0.39 is 35.1 Å². The van der Waals surface area contributed by atoms with Gasteiger partial charge in [-0.1, -0.05) is 38.1 Å². The van der Waals surface area contributed by atoms with E-state index in [4.69, 9.17) is 0 Å². The van der Waals surface area contributed by atoms with Crippen LogP contribution >= 0.6 is 0 Å². The topological polar surface area (TPSA) is 76.0 Å². The second-order valence-corrected chi connectivity index (χ2v) is 7.14. The van der Waals surface area contributed by atoms with E-state index in [1.54, 1.807) is 30.9 Å². The molecule has 3 aromatic rings. The maximum Gasteiger partial charge on any atom is 0.257 e. The number of aromatic nitrogens is 2. The first-order chi connectivity index (χ1) is 14.4. The molecule has 156 valence electrons. The minimum atomic E-state index is -0.983. The van der Waals surface area contributed by atoms with Gasteiger partial charge in [0.05, 0.1) is 11.9 Å². The number of hydrogen-bond acceptors (Lipinski definition) is 3. The summed E-state index contributed by atoms with van der Waals surface area (Å²) in [7, 11) is 0. The molecule has 0 saturated heterocycles. The van der Waals surface area contributed by atoms with Gasteiger partial charge in [-0.3, -0.25) is 9.59 Å². The Hall–Kier alpha value is -3.55. The van der Waals surface area contributed by atoms with Gasteiger partial charge in [-0.25, -0.2) is 13.5 Å². The van der Waals surface area contributed by atoms with E-state index in [0.717, 1.165) is 23.4 Å². The van der Waals surface area contributed by atoms with Crippen molar-refractivity contribution in [2.45, 2.75) is 26.4 Å². The highest BCUT2D eigenvalue weighted by atomic mass is 19.1. The van der Waals surface area contributed by atoms with E-state index in [2.05, 4.69) is 15.7 Å². The van der Waals surface area contributed by atoms with Crippen molar-refractivity contribution in [2.75, 3.05) is 0 Å². The number of nitrogens with zero attached hydrogens (tertiary/aromatic N) is 2. The van der Waals surface area contributed by atoms with Gasteiger partial charge < -0.3 is 10.6 Å². The second kappa shape index (κ2) is 9.30. The number of benzene rings is 2. The zero-order valence-electron chi connectivity index (χ0n) is 16.6. The Morgan fingerprint density at radius 2 is 1.70 bits per heavy atom. The lowest BCUT2D eigenvalue weighted by atomic mass is 10.0. The molecule has 0 aliphatic heterocycles. The van der Waals surface area contributed by atoms with E-state index in [-0.39, 0.29) is 12.5 Å². The molecule has 0 saturated carbocycles. The number of hydrogen-bond donors (Lipinski definition) is 2. The zero-order valence-corrected chi connectivity index (χ0v) is 16.6. The molecule has 0 spiro atoms. The van der Waals surface area contributed by atoms with Crippen LogP contribution in [0.5, 0.6) is 0 Å². The van der Waals surface area contributed by atoms with Gasteiger partial charge in [-0.15, -0.1) is 0 Å². The number of carbonyl (C=O) groups excluding carboxylic acids is 2. The van der Waals surface area contributed by atoms with Crippen LogP contribution in [0.4, 0.5) is 8.78 Å². The summed E-state index contributed by atoms with van der Waals surface area (Å²) in [6.45, 7) is 3.66. The van der Waals surface area contributed by atoms with Crippen molar-refractivity contribution in [2.24, 2.45) is 5.92 Å². The molecular weight excluding hydrogens is 390 g/mol. The summed E-state index contributed by atoms with van der Waals surface area (Å²) in [4.78, 5) is 25.0. The summed E-state index contributed by atoms with van der Waals surface area (Å²) >= 11 is 0. The monoisotopic (exact) mass is 412 g/mol. The van der Waals surface area contributed by atoms with E-state index in [0.29, 0.717) is 0 Å². The average Bonchev–Trinajstić information content (AvgIpc) is 3.19. The number of para-hydroxylation sites is 1. The molecule has 0 bridgehead atoms. The fraction of sp³-hybridized carbons (Fsp3) is 0.227. The van der Waals surface area contributed by atoms with E-state index in [9.17, 15) is 18.4 Å². The van der Waals surface area contributed by atoms with Crippen LogP contribution in [0.15, 0.2) is 60.9 Å². The Labute approximate surface area is 172 Å². The van der Waals surface area contributed by atoms with Crippen LogP contribution in [0, 0.1) is 17.6 Å². The Bertz CT molecular complexity index is 1010. The molecule has 1 atom stereocenters. The van der Waals surface area contributed by atoms with E-state index in [1.165, 1.54) is 6.07 Å². The molecule has 8 heteroatoms. The van der Waals surface area contributed by atoms with Gasteiger partial charge in [-0.05, 0) is 30.2 Å². The molecule has 0 aliphatic carbocycles. The highest BCUT2D eigenvalue weighted by Gasteiger charge is 2.27. The molecule has 0 unspecified atom stereocenters. The number of rotatable bonds is 7. The first kappa shape index (κ1) is 21.2. The van der Waals surface area contributed by atoms with Gasteiger partial charge in [0.15, 0.2) is 0 Å². The summed E-state index contributed by atoms with van der Waals surface area (Å²) < 4.78 is 29.4. The molecule has 1 heterocycles. The standard InChI is InChI=1S/C22H22F2N4O2/c1-14(2)20(27-21(29)19-17(23)9-6-10-18(19)24)22(30)25-11-15-12-26-28(13-15)16-7-4-3-5-8-16/h3-10,12-14,20H,11H2,1-2H3,(H,25,30)(H,27,29)/t20-/m0/s1. The molecule has 0 radical (unpaired) electrons. The maximum atomic E-state index is 13.9. The van der Waals surface area contributed by atoms with Crippen LogP contribution in [-0.4, -0.2) is 27.6 Å². The summed E-state index contributed by atoms with van der Waals surface area (Å²) in [5.41, 5.74) is 0.940. The van der Waals surface area contributed by atoms with Crippen molar-refractivity contribution in [3.8, 4) is 5.69 Å². The minimum Gasteiger partial charge on any atom is -0.350 e. The molecule has 0 fully saturated rings. The molecule has 2 N–H and O–H groups in total. The largest absolute Gasteiger partial charge is 0.350 e. The lowest BCUT2D eigenvalue weighted by molar-refractivity contribution is -0.124. The van der Waals surface area contributed by atoms with Crippen LogP contribution in [-0.2, 0) is 11.3 Å². The van der Waals surface area contributed by atoms with E-state index >= 15 is 0 Å². The number of amides is 2. The summed E-state index contributed by atoms with van der Waals surface area (Å²) in [6, 6.07) is 11.7. The molecule has 2 amide bonds. The zero-order chi connectivity index (χ0) is 21.7. The van der Waals surface area contributed by atoms with Crippen molar-refractivity contribution in [3.63, 3.8) is 0 Å². The molecule has 30 heavy (non-hydrogen) atoms. The highest BCUT2D eigenvalue weighted by molar-refractivity contribution is 5.98. The summed E-state index contributed by atoms with van der Waals surface area (Å²) in [6.07, 6.45) is 3.41. The fourth-order valence-electron chi connectivity index (χ4n) is 2.94. The van der Waals surface area contributed by atoms with Crippen LogP contribution in [0.25, 0.3) is 5.69 Å². The van der Waals surface area contributed by atoms with Gasteiger partial charge in [0.25, 0.3) is 5.91 Å². The smallest absolute Gasteiger partial charge is 0.257 e. The third kappa shape index (κ3) is 4.89. The summed E-state index contributed by atoms with van der Waals surface area (Å²) in [5, 5.41) is 9.43. The quantitative estimate of drug-likeness (QED) is 0.626. The van der Waals surface area contributed by atoms with Gasteiger partial charge in [-0.2, -0.15) is 5.10 Å². The first-order valence-corrected chi connectivity index (χ1v) is 9.48. The predicted octanol–water partition coefficient (Wildman–Crippen LogP) is 3.22. The van der Waals surface area contributed by atoms with Crippen molar-refractivity contribution in [1.29, 1.82) is 0 Å². The van der Waals surface area contributed by atoms with Crippen molar-refractivity contribution < 1.29 is 18.4 Å². The lowest BCUT2D eigenvalue weighted by Gasteiger charge is -2.22. The fourth-order valence-corrected chi connectivity index (χ4v) is 2.94. The maximum absolute atomic E-state index is 13.9. The summed E-state index contributed by atoms with van der Waals surface area (Å²) in [5.74, 6) is -3.69. The molecule has 3 rings (SSSR count). The minimum absolute atomic E-state index is 0.193. The average molecular weight is 412 g/mol. The normalized spacial score (nSPS) is 11.9. The number of nitrogens with one attached hydrogen (secondary N) is 2. The van der Waals surface area contributed by atoms with Crippen LogP contribution in [0.1, 0.15) is 29.8 Å². The number of carbonyl (C=O) groups is 2. The third-order valence-corrected chi connectivity index (χ3v) is 4.55. The molecule has 6 nitrogen and oxygen atoms in total. The SMILES string of the molecule is CC(C)[C@H](NC(=O)c1c(F)cccc1F)C(=O)NCc1cnn(-c2ccccc2)c1. The van der Waals surface area contributed by atoms with Gasteiger partial charge in [0.2, 0.25) is 5.91 Å². The first-order valence-electron chi connectivity index (χ1n) is 9.48. The Morgan fingerprint density at radius 3 is 2.33 bits per heavy atom. The molecule has 1 aromatic heterocycles. The predicted molar refractivity (Wildman–Crippen MR) is 108 cm³/mol. The number of halogens is 2. The molecule has 0 aliphatic rings. The van der Waals surface area contributed by atoms with Crippen LogP contribution in [0.2, 0.25) is 0 Å². The highest BCUT2D eigenvalue weighted by Crippen LogP contribution is 2.13. The van der Waals surface area contributed by atoms with Crippen molar-refractivity contribution >= 4 is 11.8 Å². The van der Waals surface area contributed by atoms with E-state index in [1.807, 2.05) is 30.3 Å². The Balaban J connectivity index is 1.65. The van der Waals surface area contributed by atoms with Crippen molar-refractivity contribution in [1.82, 2.24) is 20.4 Å². The van der Waals surface area contributed by atoms with Gasteiger partial charge in [0, 0.05) is 18.3 Å². The molecular formula is C22H22F2N4O2. The van der Waals surface area contributed by atoms with Crippen molar-refractivity contribution in [3.05, 3.63) is 83.7 Å². The van der Waals surface area contributed by atoms with Gasteiger partial charge in [0.1, 0.15) is 23.2 Å². The Kier molecular flexibility index (Phi) is 6.56. The Morgan fingerprint density at radius 1 is 1.03 bits per heavy atom. The second-order valence-electron chi connectivity index (χ2n) is 7.14. The van der Waals surface area contributed by atoms with Crippen LogP contribution < -0.4 is 10.6 Å². The lowest BCUT2D eigenvalue weighted by Crippen LogP contribution is -2.49.